The van der Waals surface area contributed by atoms with Gasteiger partial charge < -0.3 is 20.3 Å². The Morgan fingerprint density at radius 3 is 2.33 bits per heavy atom. The molecule has 1 heterocycles. The fourth-order valence-electron chi connectivity index (χ4n) is 2.70. The maximum atomic E-state index is 12.1. The molecule has 1 rings (SSSR count). The summed E-state index contributed by atoms with van der Waals surface area (Å²) < 4.78 is 5.10. The van der Waals surface area contributed by atoms with Crippen LogP contribution in [0.3, 0.4) is 0 Å². The summed E-state index contributed by atoms with van der Waals surface area (Å²) in [5.41, 5.74) is -0.519. The molecule has 0 radical (unpaired) electrons. The fourth-order valence-corrected chi connectivity index (χ4v) is 2.70. The number of nitrogens with zero attached hydrogens (tertiary/aromatic N) is 2. The quantitative estimate of drug-likeness (QED) is 0.428. The first-order chi connectivity index (χ1) is 11.4. The van der Waals surface area contributed by atoms with Gasteiger partial charge in [0.05, 0.1) is 17.9 Å². The van der Waals surface area contributed by atoms with Gasteiger partial charge >= 0.3 is 5.97 Å². The standard InChI is InChI=1S/C17H32N4O3/c1-6-19-15(23)17(3,4)12-20-16(18-5)21-10-8-13(9-11-21)14(22)24-7-2/h13H,6-12H2,1-5H3,(H,18,20)(H,19,23). The predicted octanol–water partition coefficient (Wildman–Crippen LogP) is 0.999. The number of likely N-dealkylation sites (tertiary alicyclic amines) is 1. The van der Waals surface area contributed by atoms with Gasteiger partial charge in [-0.3, -0.25) is 14.6 Å². The molecule has 0 atom stereocenters. The highest BCUT2D eigenvalue weighted by atomic mass is 16.5. The van der Waals surface area contributed by atoms with Gasteiger partial charge in [0.15, 0.2) is 5.96 Å². The molecule has 0 aromatic carbocycles. The monoisotopic (exact) mass is 340 g/mol. The third kappa shape index (κ3) is 5.69. The van der Waals surface area contributed by atoms with Gasteiger partial charge in [0.25, 0.3) is 0 Å². The Kier molecular flexibility index (Phi) is 8.01. The number of hydrogen-bond acceptors (Lipinski definition) is 4. The summed E-state index contributed by atoms with van der Waals surface area (Å²) >= 11 is 0. The zero-order valence-corrected chi connectivity index (χ0v) is 15.6. The van der Waals surface area contributed by atoms with Crippen LogP contribution in [0.1, 0.15) is 40.5 Å². The molecule has 0 spiro atoms. The minimum Gasteiger partial charge on any atom is -0.466 e. The van der Waals surface area contributed by atoms with Crippen molar-refractivity contribution in [2.45, 2.75) is 40.5 Å². The van der Waals surface area contributed by atoms with Gasteiger partial charge in [-0.15, -0.1) is 0 Å². The maximum absolute atomic E-state index is 12.1. The molecule has 7 nitrogen and oxygen atoms in total. The molecule has 2 N–H and O–H groups in total. The highest BCUT2D eigenvalue weighted by Gasteiger charge is 2.30. The zero-order valence-electron chi connectivity index (χ0n) is 15.6. The highest BCUT2D eigenvalue weighted by molar-refractivity contribution is 5.84. The molecule has 1 amide bonds. The van der Waals surface area contributed by atoms with E-state index in [1.54, 1.807) is 7.05 Å². The summed E-state index contributed by atoms with van der Waals surface area (Å²) in [4.78, 5) is 30.3. The second-order valence-corrected chi connectivity index (χ2v) is 6.66. The molecule has 0 aliphatic carbocycles. The number of nitrogens with one attached hydrogen (secondary N) is 2. The molecular formula is C17H32N4O3. The number of ether oxygens (including phenoxy) is 1. The Morgan fingerprint density at radius 2 is 1.83 bits per heavy atom. The van der Waals surface area contributed by atoms with Gasteiger partial charge in [0.1, 0.15) is 0 Å². The minimum atomic E-state index is -0.519. The maximum Gasteiger partial charge on any atom is 0.309 e. The lowest BCUT2D eigenvalue weighted by Gasteiger charge is -2.34. The molecule has 1 saturated heterocycles. The first kappa shape index (κ1) is 20.3. The van der Waals surface area contributed by atoms with E-state index in [-0.39, 0.29) is 17.8 Å². The van der Waals surface area contributed by atoms with Crippen molar-refractivity contribution >= 4 is 17.8 Å². The van der Waals surface area contributed by atoms with E-state index >= 15 is 0 Å². The summed E-state index contributed by atoms with van der Waals surface area (Å²) in [6.07, 6.45) is 1.53. The number of piperidine rings is 1. The van der Waals surface area contributed by atoms with Crippen molar-refractivity contribution < 1.29 is 14.3 Å². The van der Waals surface area contributed by atoms with Gasteiger partial charge in [-0.25, -0.2) is 0 Å². The Labute approximate surface area is 145 Å². The van der Waals surface area contributed by atoms with Crippen LogP contribution >= 0.6 is 0 Å². The van der Waals surface area contributed by atoms with Crippen molar-refractivity contribution in [1.29, 1.82) is 0 Å². The Morgan fingerprint density at radius 1 is 1.21 bits per heavy atom. The zero-order chi connectivity index (χ0) is 18.2. The first-order valence-electron chi connectivity index (χ1n) is 8.76. The topological polar surface area (TPSA) is 83.0 Å². The van der Waals surface area contributed by atoms with E-state index in [9.17, 15) is 9.59 Å². The van der Waals surface area contributed by atoms with E-state index in [0.29, 0.717) is 19.7 Å². The Balaban J connectivity index is 2.51. The molecule has 1 aliphatic heterocycles. The Bertz CT molecular complexity index is 455. The summed E-state index contributed by atoms with van der Waals surface area (Å²) in [5, 5.41) is 6.14. The number of amides is 1. The highest BCUT2D eigenvalue weighted by Crippen LogP contribution is 2.19. The molecule has 138 valence electrons. The number of hydrogen-bond donors (Lipinski definition) is 2. The van der Waals surface area contributed by atoms with Crippen molar-refractivity contribution in [3.05, 3.63) is 0 Å². The predicted molar refractivity (Wildman–Crippen MR) is 94.8 cm³/mol. The van der Waals surface area contributed by atoms with E-state index in [2.05, 4.69) is 20.5 Å². The smallest absolute Gasteiger partial charge is 0.309 e. The number of carbonyl (C=O) groups excluding carboxylic acids is 2. The van der Waals surface area contributed by atoms with Crippen molar-refractivity contribution in [1.82, 2.24) is 15.5 Å². The summed E-state index contributed by atoms with van der Waals surface area (Å²) in [5.74, 6) is 0.673. The lowest BCUT2D eigenvalue weighted by molar-refractivity contribution is -0.149. The first-order valence-corrected chi connectivity index (χ1v) is 8.76. The van der Waals surface area contributed by atoms with Gasteiger partial charge in [0.2, 0.25) is 5.91 Å². The SMILES string of the molecule is CCNC(=O)C(C)(C)CNC(=NC)N1CCC(C(=O)OCC)CC1. The van der Waals surface area contributed by atoms with Crippen molar-refractivity contribution in [3.63, 3.8) is 0 Å². The van der Waals surface area contributed by atoms with Crippen LogP contribution < -0.4 is 10.6 Å². The number of guanidine groups is 1. The van der Waals surface area contributed by atoms with Crippen molar-refractivity contribution in [2.75, 3.05) is 39.8 Å². The second kappa shape index (κ2) is 9.49. The van der Waals surface area contributed by atoms with Crippen LogP contribution in [0.25, 0.3) is 0 Å². The van der Waals surface area contributed by atoms with Gasteiger partial charge in [-0.05, 0) is 40.5 Å². The van der Waals surface area contributed by atoms with E-state index < -0.39 is 5.41 Å². The number of rotatable bonds is 6. The van der Waals surface area contributed by atoms with E-state index in [1.807, 2.05) is 27.7 Å². The fraction of sp³-hybridized carbons (Fsp3) is 0.824. The van der Waals surface area contributed by atoms with E-state index in [1.165, 1.54) is 0 Å². The third-order valence-corrected chi connectivity index (χ3v) is 4.27. The van der Waals surface area contributed by atoms with Crippen LogP contribution in [0.4, 0.5) is 0 Å². The Hall–Kier alpha value is -1.79. The average Bonchev–Trinajstić information content (AvgIpc) is 2.56. The normalized spacial score (nSPS) is 16.7. The molecule has 0 aromatic rings. The third-order valence-electron chi connectivity index (χ3n) is 4.27. The van der Waals surface area contributed by atoms with E-state index in [0.717, 1.165) is 31.9 Å². The van der Waals surface area contributed by atoms with Crippen LogP contribution in [0.15, 0.2) is 4.99 Å². The molecule has 24 heavy (non-hydrogen) atoms. The molecule has 1 fully saturated rings. The number of esters is 1. The van der Waals surface area contributed by atoms with E-state index in [4.69, 9.17) is 4.74 Å². The van der Waals surface area contributed by atoms with Crippen LogP contribution in [0.2, 0.25) is 0 Å². The molecular weight excluding hydrogens is 308 g/mol. The van der Waals surface area contributed by atoms with Crippen LogP contribution in [0, 0.1) is 11.3 Å². The summed E-state index contributed by atoms with van der Waals surface area (Å²) in [6, 6.07) is 0. The van der Waals surface area contributed by atoms with Crippen LogP contribution in [-0.4, -0.2) is 62.6 Å². The van der Waals surface area contributed by atoms with Crippen molar-refractivity contribution in [2.24, 2.45) is 16.3 Å². The molecule has 1 aliphatic rings. The average molecular weight is 340 g/mol. The van der Waals surface area contributed by atoms with Crippen molar-refractivity contribution in [3.8, 4) is 0 Å². The molecule has 7 heteroatoms. The molecule has 0 bridgehead atoms. The second-order valence-electron chi connectivity index (χ2n) is 6.66. The summed E-state index contributed by atoms with van der Waals surface area (Å²) in [7, 11) is 1.74. The molecule has 0 saturated carbocycles. The van der Waals surface area contributed by atoms with Crippen LogP contribution in [-0.2, 0) is 14.3 Å². The number of aliphatic imine (C=N–C) groups is 1. The van der Waals surface area contributed by atoms with Gasteiger partial charge in [-0.2, -0.15) is 0 Å². The van der Waals surface area contributed by atoms with Gasteiger partial charge in [0, 0.05) is 33.2 Å². The van der Waals surface area contributed by atoms with Crippen LogP contribution in [0.5, 0.6) is 0 Å². The minimum absolute atomic E-state index is 0.0221. The lowest BCUT2D eigenvalue weighted by Crippen LogP contribution is -2.51. The summed E-state index contributed by atoms with van der Waals surface area (Å²) in [6.45, 7) is 10.6. The molecule has 0 aromatic heterocycles. The molecule has 0 unspecified atom stereocenters. The largest absolute Gasteiger partial charge is 0.466 e. The lowest BCUT2D eigenvalue weighted by atomic mass is 9.92. The van der Waals surface area contributed by atoms with Gasteiger partial charge in [-0.1, -0.05) is 0 Å². The number of carbonyl (C=O) groups is 2.